The number of rotatable bonds is 5. The zero-order valence-electron chi connectivity index (χ0n) is 14.7. The Labute approximate surface area is 159 Å². The van der Waals surface area contributed by atoms with Crippen molar-refractivity contribution in [2.45, 2.75) is 36.6 Å². The quantitative estimate of drug-likeness (QED) is 0.670. The Kier molecular flexibility index (Phi) is 5.55. The summed E-state index contributed by atoms with van der Waals surface area (Å²) in [6.07, 6.45) is -3.75. The molecular formula is C19H18F3NO3S. The number of para-hydroxylation sites is 1. The third kappa shape index (κ3) is 4.32. The molecule has 0 saturated carbocycles. The Balaban J connectivity index is 1.90. The van der Waals surface area contributed by atoms with Crippen LogP contribution in [0.25, 0.3) is 0 Å². The Hall–Kier alpha value is -2.35. The number of nitrogens with one attached hydrogen (secondary N) is 1. The fourth-order valence-corrected chi connectivity index (χ4v) is 3.52. The topological polar surface area (TPSA) is 47.6 Å². The molecular weight excluding hydrogens is 379 g/mol. The number of carbonyl (C=O) groups excluding carboxylic acids is 1. The number of halogens is 3. The van der Waals surface area contributed by atoms with Gasteiger partial charge in [0.05, 0.1) is 16.8 Å². The number of benzene rings is 2. The molecule has 1 unspecified atom stereocenters. The first-order valence-electron chi connectivity index (χ1n) is 8.37. The van der Waals surface area contributed by atoms with E-state index in [1.54, 1.807) is 18.2 Å². The summed E-state index contributed by atoms with van der Waals surface area (Å²) < 4.78 is 51.0. The van der Waals surface area contributed by atoms with E-state index in [0.29, 0.717) is 10.6 Å². The molecule has 27 heavy (non-hydrogen) atoms. The molecule has 2 aromatic rings. The van der Waals surface area contributed by atoms with Crippen molar-refractivity contribution in [2.24, 2.45) is 0 Å². The molecule has 1 atom stereocenters. The Morgan fingerprint density at radius 1 is 1.26 bits per heavy atom. The SMILES string of the molecule is CCC(C)Sc1ccc(NC(=O)c2cccc3c2OCO3)c(C(F)(F)F)c1. The Morgan fingerprint density at radius 2 is 2.04 bits per heavy atom. The van der Waals surface area contributed by atoms with Crippen LogP contribution in [0, 0.1) is 0 Å². The van der Waals surface area contributed by atoms with Crippen molar-refractivity contribution in [2.75, 3.05) is 12.1 Å². The largest absolute Gasteiger partial charge is 0.454 e. The fourth-order valence-electron chi connectivity index (χ4n) is 2.55. The standard InChI is InChI=1S/C19H18F3NO3S/c1-3-11(2)27-12-7-8-15(14(9-12)19(20,21)22)23-18(24)13-5-4-6-16-17(13)26-10-25-16/h4-9,11H,3,10H2,1-2H3,(H,23,24). The molecule has 144 valence electrons. The molecule has 0 aromatic heterocycles. The lowest BCUT2D eigenvalue weighted by Gasteiger charge is -2.17. The molecule has 0 aliphatic carbocycles. The van der Waals surface area contributed by atoms with E-state index in [0.717, 1.165) is 12.5 Å². The first-order chi connectivity index (χ1) is 12.8. The van der Waals surface area contributed by atoms with Crippen LogP contribution in [0.3, 0.4) is 0 Å². The molecule has 0 spiro atoms. The van der Waals surface area contributed by atoms with Gasteiger partial charge in [0.15, 0.2) is 11.5 Å². The van der Waals surface area contributed by atoms with Crippen LogP contribution in [0.4, 0.5) is 18.9 Å². The van der Waals surface area contributed by atoms with Crippen LogP contribution < -0.4 is 14.8 Å². The predicted octanol–water partition coefficient (Wildman–Crippen LogP) is 5.58. The lowest BCUT2D eigenvalue weighted by Crippen LogP contribution is -2.17. The maximum absolute atomic E-state index is 13.5. The number of amides is 1. The number of hydrogen-bond donors (Lipinski definition) is 1. The normalized spacial score (nSPS) is 14.1. The second-order valence-corrected chi connectivity index (χ2v) is 7.55. The first-order valence-corrected chi connectivity index (χ1v) is 9.25. The van der Waals surface area contributed by atoms with Gasteiger partial charge in [0, 0.05) is 10.1 Å². The summed E-state index contributed by atoms with van der Waals surface area (Å²) >= 11 is 1.36. The molecule has 3 rings (SSSR count). The van der Waals surface area contributed by atoms with Gasteiger partial charge in [0.2, 0.25) is 6.79 Å². The van der Waals surface area contributed by atoms with Crippen molar-refractivity contribution >= 4 is 23.4 Å². The van der Waals surface area contributed by atoms with Crippen LogP contribution in [-0.2, 0) is 6.18 Å². The van der Waals surface area contributed by atoms with E-state index in [9.17, 15) is 18.0 Å². The van der Waals surface area contributed by atoms with E-state index in [4.69, 9.17) is 9.47 Å². The minimum Gasteiger partial charge on any atom is -0.454 e. The maximum Gasteiger partial charge on any atom is 0.418 e. The molecule has 1 heterocycles. The van der Waals surface area contributed by atoms with E-state index in [1.165, 1.54) is 23.9 Å². The lowest BCUT2D eigenvalue weighted by molar-refractivity contribution is -0.137. The van der Waals surface area contributed by atoms with Crippen molar-refractivity contribution in [1.82, 2.24) is 0 Å². The van der Waals surface area contributed by atoms with Gasteiger partial charge < -0.3 is 14.8 Å². The van der Waals surface area contributed by atoms with Crippen molar-refractivity contribution in [3.8, 4) is 11.5 Å². The van der Waals surface area contributed by atoms with E-state index in [-0.39, 0.29) is 29.0 Å². The van der Waals surface area contributed by atoms with Gasteiger partial charge in [0.1, 0.15) is 0 Å². The van der Waals surface area contributed by atoms with Crippen LogP contribution in [0.5, 0.6) is 11.5 Å². The zero-order valence-corrected chi connectivity index (χ0v) is 15.5. The average Bonchev–Trinajstić information content (AvgIpc) is 3.10. The van der Waals surface area contributed by atoms with Crippen molar-refractivity contribution in [1.29, 1.82) is 0 Å². The minimum atomic E-state index is -4.59. The highest BCUT2D eigenvalue weighted by Crippen LogP contribution is 2.40. The Morgan fingerprint density at radius 3 is 2.74 bits per heavy atom. The average molecular weight is 397 g/mol. The number of alkyl halides is 3. The lowest BCUT2D eigenvalue weighted by atomic mass is 10.1. The fraction of sp³-hybridized carbons (Fsp3) is 0.316. The van der Waals surface area contributed by atoms with Crippen molar-refractivity contribution in [3.63, 3.8) is 0 Å². The van der Waals surface area contributed by atoms with Crippen LogP contribution >= 0.6 is 11.8 Å². The number of carbonyl (C=O) groups is 1. The molecule has 1 aliphatic heterocycles. The third-order valence-electron chi connectivity index (χ3n) is 4.10. The van der Waals surface area contributed by atoms with E-state index >= 15 is 0 Å². The van der Waals surface area contributed by atoms with Gasteiger partial charge in [0.25, 0.3) is 5.91 Å². The Bertz CT molecular complexity index is 855. The summed E-state index contributed by atoms with van der Waals surface area (Å²) in [7, 11) is 0. The number of thioether (sulfide) groups is 1. The molecule has 1 aliphatic rings. The van der Waals surface area contributed by atoms with E-state index < -0.39 is 17.6 Å². The zero-order chi connectivity index (χ0) is 19.6. The summed E-state index contributed by atoms with van der Waals surface area (Å²) in [5, 5.41) is 2.54. The summed E-state index contributed by atoms with van der Waals surface area (Å²) in [5.74, 6) is -0.0725. The molecule has 0 fully saturated rings. The minimum absolute atomic E-state index is 0.0328. The number of ether oxygens (including phenoxy) is 2. The van der Waals surface area contributed by atoms with Gasteiger partial charge >= 0.3 is 6.18 Å². The van der Waals surface area contributed by atoms with Crippen molar-refractivity contribution < 1.29 is 27.4 Å². The second-order valence-electron chi connectivity index (χ2n) is 6.04. The monoisotopic (exact) mass is 397 g/mol. The van der Waals surface area contributed by atoms with Gasteiger partial charge in [-0.05, 0) is 36.8 Å². The van der Waals surface area contributed by atoms with Crippen LogP contribution in [0.2, 0.25) is 0 Å². The highest BCUT2D eigenvalue weighted by atomic mass is 32.2. The summed E-state index contributed by atoms with van der Waals surface area (Å²) in [4.78, 5) is 13.0. The highest BCUT2D eigenvalue weighted by molar-refractivity contribution is 7.99. The second kappa shape index (κ2) is 7.72. The summed E-state index contributed by atoms with van der Waals surface area (Å²) in [6.45, 7) is 3.89. The third-order valence-corrected chi connectivity index (χ3v) is 5.36. The molecule has 0 radical (unpaired) electrons. The number of hydrogen-bond acceptors (Lipinski definition) is 4. The van der Waals surface area contributed by atoms with Gasteiger partial charge in [-0.2, -0.15) is 13.2 Å². The molecule has 0 bridgehead atoms. The molecule has 8 heteroatoms. The molecule has 1 N–H and O–H groups in total. The van der Waals surface area contributed by atoms with Gasteiger partial charge in [-0.25, -0.2) is 0 Å². The van der Waals surface area contributed by atoms with Gasteiger partial charge in [-0.15, -0.1) is 11.8 Å². The van der Waals surface area contributed by atoms with Crippen molar-refractivity contribution in [3.05, 3.63) is 47.5 Å². The molecule has 4 nitrogen and oxygen atoms in total. The van der Waals surface area contributed by atoms with Gasteiger partial charge in [-0.3, -0.25) is 4.79 Å². The van der Waals surface area contributed by atoms with Gasteiger partial charge in [-0.1, -0.05) is 19.9 Å². The smallest absolute Gasteiger partial charge is 0.418 e. The number of anilines is 1. The molecule has 1 amide bonds. The molecule has 2 aromatic carbocycles. The number of fused-ring (bicyclic) bond motifs is 1. The summed E-state index contributed by atoms with van der Waals surface area (Å²) in [6, 6.07) is 8.62. The summed E-state index contributed by atoms with van der Waals surface area (Å²) in [5.41, 5.74) is -1.05. The van der Waals surface area contributed by atoms with Crippen LogP contribution in [0.1, 0.15) is 36.2 Å². The van der Waals surface area contributed by atoms with Crippen LogP contribution in [-0.4, -0.2) is 18.0 Å². The van der Waals surface area contributed by atoms with Crippen LogP contribution in [0.15, 0.2) is 41.3 Å². The van der Waals surface area contributed by atoms with E-state index in [1.807, 2.05) is 13.8 Å². The maximum atomic E-state index is 13.5. The van der Waals surface area contributed by atoms with E-state index in [2.05, 4.69) is 5.32 Å². The predicted molar refractivity (Wildman–Crippen MR) is 97.6 cm³/mol. The highest BCUT2D eigenvalue weighted by Gasteiger charge is 2.35. The first kappa shape index (κ1) is 19.4. The molecule has 0 saturated heterocycles.